The van der Waals surface area contributed by atoms with Crippen molar-refractivity contribution in [2.24, 2.45) is 0 Å². The normalized spacial score (nSPS) is 20.0. The van der Waals surface area contributed by atoms with Gasteiger partial charge in [-0.3, -0.25) is 0 Å². The van der Waals surface area contributed by atoms with Crippen LogP contribution in [0.3, 0.4) is 0 Å². The molecule has 90 valence electrons. The maximum absolute atomic E-state index is 4.82. The molecule has 2 aromatic heterocycles. The van der Waals surface area contributed by atoms with Crippen LogP contribution in [-0.2, 0) is 0 Å². The number of rotatable bonds is 2. The summed E-state index contributed by atoms with van der Waals surface area (Å²) in [6.07, 6.45) is 5.45. The Morgan fingerprint density at radius 3 is 3.06 bits per heavy atom. The van der Waals surface area contributed by atoms with Gasteiger partial charge in [-0.1, -0.05) is 0 Å². The largest absolute Gasteiger partial charge is 0.361 e. The molecule has 0 unspecified atom stereocenters. The Labute approximate surface area is 101 Å². The molecule has 0 aromatic carbocycles. The highest BCUT2D eigenvalue weighted by Crippen LogP contribution is 2.25. The van der Waals surface area contributed by atoms with E-state index in [1.54, 1.807) is 0 Å². The monoisotopic (exact) mass is 230 g/mol. The predicted molar refractivity (Wildman–Crippen MR) is 69.7 cm³/mol. The summed E-state index contributed by atoms with van der Waals surface area (Å²) >= 11 is 0. The van der Waals surface area contributed by atoms with E-state index in [0.29, 0.717) is 5.92 Å². The smallest absolute Gasteiger partial charge is 0.152 e. The molecule has 4 nitrogen and oxygen atoms in total. The van der Waals surface area contributed by atoms with Gasteiger partial charge in [0.1, 0.15) is 0 Å². The third-order valence-electron chi connectivity index (χ3n) is 3.42. The molecule has 1 aliphatic rings. The SMILES string of the molecule is CN(C)c1nc([C@@H]2CCNC2)cn2cccc12. The molecule has 3 heterocycles. The minimum Gasteiger partial charge on any atom is -0.361 e. The summed E-state index contributed by atoms with van der Waals surface area (Å²) in [4.78, 5) is 6.90. The van der Waals surface area contributed by atoms with Crippen molar-refractivity contribution in [3.63, 3.8) is 0 Å². The minimum atomic E-state index is 0.556. The number of hydrogen-bond donors (Lipinski definition) is 1. The first-order chi connectivity index (χ1) is 8.25. The highest BCUT2D eigenvalue weighted by Gasteiger charge is 2.20. The Morgan fingerprint density at radius 1 is 1.47 bits per heavy atom. The molecule has 1 aliphatic heterocycles. The highest BCUT2D eigenvalue weighted by atomic mass is 15.2. The number of nitrogens with one attached hydrogen (secondary N) is 1. The van der Waals surface area contributed by atoms with Crippen LogP contribution >= 0.6 is 0 Å². The second-order valence-corrected chi connectivity index (χ2v) is 4.87. The second kappa shape index (κ2) is 4.04. The van der Waals surface area contributed by atoms with Gasteiger partial charge in [-0.25, -0.2) is 4.98 Å². The molecule has 0 amide bonds. The number of anilines is 1. The topological polar surface area (TPSA) is 32.6 Å². The summed E-state index contributed by atoms with van der Waals surface area (Å²) in [6.45, 7) is 2.15. The summed E-state index contributed by atoms with van der Waals surface area (Å²) in [5.41, 5.74) is 2.37. The van der Waals surface area contributed by atoms with Gasteiger partial charge < -0.3 is 14.6 Å². The van der Waals surface area contributed by atoms with Gasteiger partial charge in [0, 0.05) is 39.0 Å². The zero-order chi connectivity index (χ0) is 11.8. The first kappa shape index (κ1) is 10.6. The van der Waals surface area contributed by atoms with Crippen molar-refractivity contribution in [3.8, 4) is 0 Å². The summed E-state index contributed by atoms with van der Waals surface area (Å²) in [5.74, 6) is 1.61. The predicted octanol–water partition coefficient (Wildman–Crippen LogP) is 1.48. The van der Waals surface area contributed by atoms with Crippen molar-refractivity contribution in [3.05, 3.63) is 30.2 Å². The van der Waals surface area contributed by atoms with E-state index in [0.717, 1.165) is 18.9 Å². The number of fused-ring (bicyclic) bond motifs is 1. The molecule has 0 bridgehead atoms. The Morgan fingerprint density at radius 2 is 2.35 bits per heavy atom. The number of hydrogen-bond acceptors (Lipinski definition) is 3. The van der Waals surface area contributed by atoms with Crippen LogP contribution < -0.4 is 10.2 Å². The molecule has 1 atom stereocenters. The molecular formula is C13H18N4. The summed E-state index contributed by atoms with van der Waals surface area (Å²) < 4.78 is 2.18. The van der Waals surface area contributed by atoms with E-state index in [1.807, 2.05) is 14.1 Å². The number of aromatic nitrogens is 2. The summed E-state index contributed by atoms with van der Waals surface area (Å²) in [5, 5.41) is 3.40. The van der Waals surface area contributed by atoms with Crippen molar-refractivity contribution >= 4 is 11.3 Å². The standard InChI is InChI=1S/C13H18N4/c1-16(2)13-12-4-3-7-17(12)9-11(15-13)10-5-6-14-8-10/h3-4,7,9-10,14H,5-6,8H2,1-2H3/t10-/m1/s1. The van der Waals surface area contributed by atoms with Crippen molar-refractivity contribution in [1.82, 2.24) is 14.7 Å². The van der Waals surface area contributed by atoms with Crippen LogP contribution in [-0.4, -0.2) is 36.6 Å². The quantitative estimate of drug-likeness (QED) is 0.848. The Hall–Kier alpha value is -1.55. The zero-order valence-corrected chi connectivity index (χ0v) is 10.3. The molecule has 17 heavy (non-hydrogen) atoms. The van der Waals surface area contributed by atoms with Crippen molar-refractivity contribution in [1.29, 1.82) is 0 Å². The fourth-order valence-electron chi connectivity index (χ4n) is 2.48. The van der Waals surface area contributed by atoms with E-state index in [-0.39, 0.29) is 0 Å². The van der Waals surface area contributed by atoms with Gasteiger partial charge in [-0.05, 0) is 25.1 Å². The maximum Gasteiger partial charge on any atom is 0.152 e. The summed E-state index contributed by atoms with van der Waals surface area (Å²) in [7, 11) is 4.10. The molecular weight excluding hydrogens is 212 g/mol. The van der Waals surface area contributed by atoms with Gasteiger partial charge >= 0.3 is 0 Å². The fourth-order valence-corrected chi connectivity index (χ4v) is 2.48. The maximum atomic E-state index is 4.82. The highest BCUT2D eigenvalue weighted by molar-refractivity contribution is 5.69. The van der Waals surface area contributed by atoms with Gasteiger partial charge in [0.05, 0.1) is 11.2 Å². The van der Waals surface area contributed by atoms with E-state index in [1.165, 1.54) is 17.6 Å². The zero-order valence-electron chi connectivity index (χ0n) is 10.3. The van der Waals surface area contributed by atoms with Crippen LogP contribution in [0.4, 0.5) is 5.82 Å². The van der Waals surface area contributed by atoms with E-state index in [9.17, 15) is 0 Å². The van der Waals surface area contributed by atoms with Crippen LogP contribution in [0.25, 0.3) is 5.52 Å². The lowest BCUT2D eigenvalue weighted by molar-refractivity contribution is 0.725. The van der Waals surface area contributed by atoms with Gasteiger partial charge in [-0.2, -0.15) is 0 Å². The fraction of sp³-hybridized carbons (Fsp3) is 0.462. The van der Waals surface area contributed by atoms with Crippen molar-refractivity contribution in [2.45, 2.75) is 12.3 Å². The Bertz CT molecular complexity index is 523. The van der Waals surface area contributed by atoms with Crippen LogP contribution in [0.1, 0.15) is 18.0 Å². The molecule has 1 saturated heterocycles. The van der Waals surface area contributed by atoms with Crippen LogP contribution in [0, 0.1) is 0 Å². The van der Waals surface area contributed by atoms with Gasteiger partial charge in [0.2, 0.25) is 0 Å². The van der Waals surface area contributed by atoms with Crippen molar-refractivity contribution in [2.75, 3.05) is 32.1 Å². The Kier molecular flexibility index (Phi) is 2.52. The molecule has 3 rings (SSSR count). The van der Waals surface area contributed by atoms with E-state index >= 15 is 0 Å². The molecule has 0 radical (unpaired) electrons. The lowest BCUT2D eigenvalue weighted by Crippen LogP contribution is -2.15. The van der Waals surface area contributed by atoms with Crippen LogP contribution in [0.2, 0.25) is 0 Å². The average molecular weight is 230 g/mol. The van der Waals surface area contributed by atoms with Crippen LogP contribution in [0.15, 0.2) is 24.5 Å². The van der Waals surface area contributed by atoms with E-state index < -0.39 is 0 Å². The van der Waals surface area contributed by atoms with Gasteiger partial charge in [0.15, 0.2) is 5.82 Å². The lowest BCUT2D eigenvalue weighted by atomic mass is 10.1. The molecule has 0 aliphatic carbocycles. The van der Waals surface area contributed by atoms with E-state index in [4.69, 9.17) is 4.98 Å². The van der Waals surface area contributed by atoms with Crippen LogP contribution in [0.5, 0.6) is 0 Å². The Balaban J connectivity index is 2.12. The minimum absolute atomic E-state index is 0.556. The average Bonchev–Trinajstić information content (AvgIpc) is 2.98. The first-order valence-corrected chi connectivity index (χ1v) is 6.11. The molecule has 1 fully saturated rings. The number of nitrogens with zero attached hydrogens (tertiary/aromatic N) is 3. The summed E-state index contributed by atoms with van der Waals surface area (Å²) in [6, 6.07) is 4.18. The third-order valence-corrected chi connectivity index (χ3v) is 3.42. The van der Waals surface area contributed by atoms with Crippen molar-refractivity contribution < 1.29 is 0 Å². The van der Waals surface area contributed by atoms with Gasteiger partial charge in [-0.15, -0.1) is 0 Å². The van der Waals surface area contributed by atoms with Gasteiger partial charge in [0.25, 0.3) is 0 Å². The molecule has 0 saturated carbocycles. The van der Waals surface area contributed by atoms with E-state index in [2.05, 4.69) is 39.1 Å². The molecule has 0 spiro atoms. The molecule has 4 heteroatoms. The molecule has 1 N–H and O–H groups in total. The first-order valence-electron chi connectivity index (χ1n) is 6.11. The molecule has 2 aromatic rings. The second-order valence-electron chi connectivity index (χ2n) is 4.87. The lowest BCUT2D eigenvalue weighted by Gasteiger charge is -2.17. The third kappa shape index (κ3) is 1.78.